The molecule has 1 aromatic carbocycles. The Bertz CT molecular complexity index is 686. The number of anilines is 1. The minimum absolute atomic E-state index is 0.0192. The molecule has 0 saturated heterocycles. The van der Waals surface area contributed by atoms with Crippen LogP contribution in [0.15, 0.2) is 36.7 Å². The SMILES string of the molecule is Cc1cc(C)cc(NC(=O)C[n+]2ccc3c(c2)CCCC3)c1. The fraction of sp³-hybridized carbons (Fsp3) is 0.368. The molecule has 2 aromatic rings. The fourth-order valence-electron chi connectivity index (χ4n) is 3.23. The number of carbonyl (C=O) groups excluding carboxylic acids is 1. The fourth-order valence-corrected chi connectivity index (χ4v) is 3.23. The zero-order valence-corrected chi connectivity index (χ0v) is 13.4. The van der Waals surface area contributed by atoms with Crippen LogP contribution in [0.5, 0.6) is 0 Å². The van der Waals surface area contributed by atoms with Gasteiger partial charge in [0.1, 0.15) is 0 Å². The van der Waals surface area contributed by atoms with Gasteiger partial charge in [0.15, 0.2) is 12.4 Å². The molecule has 0 bridgehead atoms. The van der Waals surface area contributed by atoms with Gasteiger partial charge in [-0.05, 0) is 68.4 Å². The number of hydrogen-bond donors (Lipinski definition) is 1. The molecule has 0 fully saturated rings. The highest BCUT2D eigenvalue weighted by molar-refractivity contribution is 5.89. The first-order valence-electron chi connectivity index (χ1n) is 7.99. The zero-order valence-electron chi connectivity index (χ0n) is 13.4. The zero-order chi connectivity index (χ0) is 15.5. The summed E-state index contributed by atoms with van der Waals surface area (Å²) in [5.74, 6) is 0.0192. The normalized spacial score (nSPS) is 13.5. The summed E-state index contributed by atoms with van der Waals surface area (Å²) in [6.45, 7) is 4.45. The van der Waals surface area contributed by atoms with E-state index in [9.17, 15) is 4.79 Å². The molecular formula is C19H23N2O+. The van der Waals surface area contributed by atoms with E-state index in [4.69, 9.17) is 0 Å². The Balaban J connectivity index is 1.69. The predicted octanol–water partition coefficient (Wildman–Crippen LogP) is 3.11. The van der Waals surface area contributed by atoms with Gasteiger partial charge in [0.2, 0.25) is 6.54 Å². The van der Waals surface area contributed by atoms with E-state index >= 15 is 0 Å². The standard InChI is InChI=1S/C19H22N2O/c1-14-9-15(2)11-18(10-14)20-19(22)13-21-8-7-16-5-3-4-6-17(16)12-21/h7-12H,3-6,13H2,1-2H3/p+1. The summed E-state index contributed by atoms with van der Waals surface area (Å²) in [6.07, 6.45) is 9.00. The van der Waals surface area contributed by atoms with Crippen molar-refractivity contribution in [3.05, 3.63) is 58.9 Å². The van der Waals surface area contributed by atoms with Crippen LogP contribution in [0, 0.1) is 13.8 Å². The highest BCUT2D eigenvalue weighted by atomic mass is 16.1. The second-order valence-corrected chi connectivity index (χ2v) is 6.30. The van der Waals surface area contributed by atoms with Gasteiger partial charge >= 0.3 is 0 Å². The first-order chi connectivity index (χ1) is 10.6. The Morgan fingerprint density at radius 2 is 1.77 bits per heavy atom. The lowest BCUT2D eigenvalue weighted by atomic mass is 9.93. The summed E-state index contributed by atoms with van der Waals surface area (Å²) in [7, 11) is 0. The third-order valence-electron chi connectivity index (χ3n) is 4.18. The maximum atomic E-state index is 12.2. The number of pyridine rings is 1. The van der Waals surface area contributed by atoms with Crippen molar-refractivity contribution >= 4 is 11.6 Å². The van der Waals surface area contributed by atoms with Crippen LogP contribution >= 0.6 is 0 Å². The Morgan fingerprint density at radius 3 is 2.50 bits per heavy atom. The second kappa shape index (κ2) is 6.30. The second-order valence-electron chi connectivity index (χ2n) is 6.30. The maximum Gasteiger partial charge on any atom is 0.290 e. The van der Waals surface area contributed by atoms with E-state index in [1.165, 1.54) is 30.4 Å². The van der Waals surface area contributed by atoms with Gasteiger partial charge < -0.3 is 5.32 Å². The molecule has 114 valence electrons. The van der Waals surface area contributed by atoms with Gasteiger partial charge in [0.05, 0.1) is 0 Å². The van der Waals surface area contributed by atoms with Gasteiger partial charge in [-0.15, -0.1) is 0 Å². The van der Waals surface area contributed by atoms with E-state index in [-0.39, 0.29) is 5.91 Å². The number of fused-ring (bicyclic) bond motifs is 1. The molecule has 1 amide bonds. The maximum absolute atomic E-state index is 12.2. The number of hydrogen-bond acceptors (Lipinski definition) is 1. The van der Waals surface area contributed by atoms with Crippen LogP contribution in [0.1, 0.15) is 35.1 Å². The van der Waals surface area contributed by atoms with Crippen molar-refractivity contribution in [2.75, 3.05) is 5.32 Å². The van der Waals surface area contributed by atoms with Gasteiger partial charge in [-0.25, -0.2) is 0 Å². The van der Waals surface area contributed by atoms with Gasteiger partial charge in [-0.1, -0.05) is 6.07 Å². The summed E-state index contributed by atoms with van der Waals surface area (Å²) >= 11 is 0. The average Bonchev–Trinajstić information content (AvgIpc) is 2.45. The first-order valence-corrected chi connectivity index (χ1v) is 7.99. The highest BCUT2D eigenvalue weighted by Crippen LogP contribution is 2.18. The molecule has 22 heavy (non-hydrogen) atoms. The molecule has 0 spiro atoms. The van der Waals surface area contributed by atoms with Crippen LogP contribution in [0.2, 0.25) is 0 Å². The third-order valence-corrected chi connectivity index (χ3v) is 4.18. The van der Waals surface area contributed by atoms with Crippen molar-refractivity contribution in [1.29, 1.82) is 0 Å². The average molecular weight is 295 g/mol. The molecule has 3 rings (SSSR count). The van der Waals surface area contributed by atoms with Crippen molar-refractivity contribution in [1.82, 2.24) is 0 Å². The van der Waals surface area contributed by atoms with Crippen LogP contribution in [0.25, 0.3) is 0 Å². The minimum atomic E-state index is 0.0192. The lowest BCUT2D eigenvalue weighted by Crippen LogP contribution is -2.40. The number of benzene rings is 1. The van der Waals surface area contributed by atoms with E-state index in [1.54, 1.807) is 0 Å². The quantitative estimate of drug-likeness (QED) is 0.867. The van der Waals surface area contributed by atoms with Gasteiger partial charge in [0, 0.05) is 17.3 Å². The van der Waals surface area contributed by atoms with Gasteiger partial charge in [-0.3, -0.25) is 4.79 Å². The summed E-state index contributed by atoms with van der Waals surface area (Å²) in [4.78, 5) is 12.2. The first kappa shape index (κ1) is 14.8. The van der Waals surface area contributed by atoms with Crippen molar-refractivity contribution < 1.29 is 9.36 Å². The summed E-state index contributed by atoms with van der Waals surface area (Å²) in [6, 6.07) is 8.28. The van der Waals surface area contributed by atoms with Crippen LogP contribution < -0.4 is 9.88 Å². The lowest BCUT2D eigenvalue weighted by molar-refractivity contribution is -0.684. The molecule has 0 radical (unpaired) electrons. The Kier molecular flexibility index (Phi) is 4.23. The molecule has 1 aromatic heterocycles. The Morgan fingerprint density at radius 1 is 1.09 bits per heavy atom. The van der Waals surface area contributed by atoms with Gasteiger partial charge in [0.25, 0.3) is 5.91 Å². The van der Waals surface area contributed by atoms with Crippen LogP contribution in [-0.4, -0.2) is 5.91 Å². The molecule has 0 atom stereocenters. The molecule has 0 unspecified atom stereocenters. The molecular weight excluding hydrogens is 272 g/mol. The van der Waals surface area contributed by atoms with E-state index < -0.39 is 0 Å². The van der Waals surface area contributed by atoms with Crippen LogP contribution in [0.4, 0.5) is 5.69 Å². The van der Waals surface area contributed by atoms with Crippen LogP contribution in [-0.2, 0) is 24.2 Å². The minimum Gasteiger partial charge on any atom is -0.321 e. The smallest absolute Gasteiger partial charge is 0.290 e. The summed E-state index contributed by atoms with van der Waals surface area (Å²) in [5.41, 5.74) is 6.04. The molecule has 1 N–H and O–H groups in total. The molecule has 0 aliphatic heterocycles. The largest absolute Gasteiger partial charge is 0.321 e. The molecule has 3 nitrogen and oxygen atoms in total. The Hall–Kier alpha value is -2.16. The number of amides is 1. The van der Waals surface area contributed by atoms with Crippen molar-refractivity contribution in [3.8, 4) is 0 Å². The number of rotatable bonds is 3. The number of carbonyl (C=O) groups is 1. The predicted molar refractivity (Wildman–Crippen MR) is 87.8 cm³/mol. The van der Waals surface area contributed by atoms with Crippen molar-refractivity contribution in [2.45, 2.75) is 46.1 Å². The topological polar surface area (TPSA) is 33.0 Å². The molecule has 1 aliphatic rings. The monoisotopic (exact) mass is 295 g/mol. The Labute approximate surface area is 132 Å². The number of nitrogens with one attached hydrogen (secondary N) is 1. The van der Waals surface area contributed by atoms with Crippen molar-refractivity contribution in [2.24, 2.45) is 0 Å². The van der Waals surface area contributed by atoms with E-state index in [0.717, 1.165) is 23.2 Å². The van der Waals surface area contributed by atoms with Crippen LogP contribution in [0.3, 0.4) is 0 Å². The van der Waals surface area contributed by atoms with Gasteiger partial charge in [-0.2, -0.15) is 4.57 Å². The summed E-state index contributed by atoms with van der Waals surface area (Å²) in [5, 5.41) is 2.99. The number of aromatic nitrogens is 1. The molecule has 1 heterocycles. The molecule has 1 aliphatic carbocycles. The lowest BCUT2D eigenvalue weighted by Gasteiger charge is -2.13. The molecule has 0 saturated carbocycles. The summed E-state index contributed by atoms with van der Waals surface area (Å²) < 4.78 is 1.99. The third kappa shape index (κ3) is 3.53. The number of aryl methyl sites for hydroxylation is 4. The molecule has 3 heteroatoms. The van der Waals surface area contributed by atoms with Crippen molar-refractivity contribution in [3.63, 3.8) is 0 Å². The number of nitrogens with zero attached hydrogens (tertiary/aromatic N) is 1. The highest BCUT2D eigenvalue weighted by Gasteiger charge is 2.15. The van der Waals surface area contributed by atoms with E-state index in [1.807, 2.05) is 36.7 Å². The van der Waals surface area contributed by atoms with E-state index in [0.29, 0.717) is 6.54 Å². The van der Waals surface area contributed by atoms with E-state index in [2.05, 4.69) is 23.6 Å².